The van der Waals surface area contributed by atoms with E-state index in [2.05, 4.69) is 0 Å². The molecular weight excluding hydrogens is 216 g/mol. The summed E-state index contributed by atoms with van der Waals surface area (Å²) in [6.45, 7) is 2.35. The maximum absolute atomic E-state index is 7.88. The molecule has 2 aliphatic heterocycles. The van der Waals surface area contributed by atoms with Crippen molar-refractivity contribution < 1.29 is 9.47 Å². The Morgan fingerprint density at radius 3 is 2.65 bits per heavy atom. The highest BCUT2D eigenvalue weighted by atomic mass is 16.5. The van der Waals surface area contributed by atoms with Crippen LogP contribution in [0.4, 0.5) is 5.69 Å². The van der Waals surface area contributed by atoms with Crippen molar-refractivity contribution in [1.82, 2.24) is 0 Å². The zero-order chi connectivity index (χ0) is 11.7. The van der Waals surface area contributed by atoms with Crippen LogP contribution in [0, 0.1) is 5.41 Å². The van der Waals surface area contributed by atoms with Gasteiger partial charge in [-0.25, -0.2) is 0 Å². The van der Waals surface area contributed by atoms with Crippen LogP contribution in [0.15, 0.2) is 18.2 Å². The molecule has 3 rings (SSSR count). The van der Waals surface area contributed by atoms with Gasteiger partial charge < -0.3 is 14.4 Å². The van der Waals surface area contributed by atoms with E-state index in [9.17, 15) is 0 Å². The molecule has 4 heteroatoms. The van der Waals surface area contributed by atoms with E-state index in [1.807, 2.05) is 23.1 Å². The molecule has 0 aliphatic carbocycles. The topological polar surface area (TPSA) is 45.6 Å². The number of ether oxygens (including phenoxy) is 2. The molecule has 1 aromatic rings. The number of nitrogens with one attached hydrogen (secondary N) is 1. The third-order valence-corrected chi connectivity index (χ3v) is 3.16. The van der Waals surface area contributed by atoms with Crippen molar-refractivity contribution in [3.05, 3.63) is 18.2 Å². The summed E-state index contributed by atoms with van der Waals surface area (Å²) >= 11 is 0. The molecule has 0 spiro atoms. The minimum absolute atomic E-state index is 0.694. The van der Waals surface area contributed by atoms with Crippen molar-refractivity contribution in [3.63, 3.8) is 0 Å². The van der Waals surface area contributed by atoms with Crippen molar-refractivity contribution in [2.45, 2.75) is 19.3 Å². The number of benzene rings is 1. The summed E-state index contributed by atoms with van der Waals surface area (Å²) in [6, 6.07) is 5.94. The van der Waals surface area contributed by atoms with Crippen LogP contribution in [0.3, 0.4) is 0 Å². The maximum atomic E-state index is 7.88. The van der Waals surface area contributed by atoms with Crippen LogP contribution < -0.4 is 14.4 Å². The second-order valence-electron chi connectivity index (χ2n) is 4.38. The molecule has 0 amide bonds. The molecule has 0 aromatic heterocycles. The first-order chi connectivity index (χ1) is 8.34. The summed E-state index contributed by atoms with van der Waals surface area (Å²) in [5.74, 6) is 2.32. The molecule has 2 aliphatic rings. The number of rotatable bonds is 1. The van der Waals surface area contributed by atoms with E-state index in [4.69, 9.17) is 14.9 Å². The van der Waals surface area contributed by atoms with Gasteiger partial charge in [0.05, 0.1) is 13.2 Å². The number of hydrogen-bond acceptors (Lipinski definition) is 3. The van der Waals surface area contributed by atoms with Crippen LogP contribution in [0.2, 0.25) is 0 Å². The van der Waals surface area contributed by atoms with Gasteiger partial charge in [0.25, 0.3) is 0 Å². The Bertz CT molecular complexity index is 445. The van der Waals surface area contributed by atoms with Crippen LogP contribution in [0.25, 0.3) is 0 Å². The van der Waals surface area contributed by atoms with Gasteiger partial charge in [-0.3, -0.25) is 5.41 Å². The molecule has 90 valence electrons. The minimum Gasteiger partial charge on any atom is -0.490 e. The Morgan fingerprint density at radius 2 is 1.88 bits per heavy atom. The normalized spacial score (nSPS) is 19.3. The fourth-order valence-corrected chi connectivity index (χ4v) is 2.28. The van der Waals surface area contributed by atoms with Gasteiger partial charge in [0.2, 0.25) is 0 Å². The molecular formula is C13H16N2O2. The van der Waals surface area contributed by atoms with Gasteiger partial charge in [-0.05, 0) is 18.6 Å². The summed E-state index contributed by atoms with van der Waals surface area (Å²) in [5, 5.41) is 7.88. The second-order valence-corrected chi connectivity index (χ2v) is 4.38. The van der Waals surface area contributed by atoms with E-state index in [0.29, 0.717) is 19.0 Å². The van der Waals surface area contributed by atoms with E-state index in [1.54, 1.807) is 0 Å². The lowest BCUT2D eigenvalue weighted by molar-refractivity contribution is 0.297. The molecule has 17 heavy (non-hydrogen) atoms. The van der Waals surface area contributed by atoms with Gasteiger partial charge in [0.15, 0.2) is 11.5 Å². The zero-order valence-electron chi connectivity index (χ0n) is 9.74. The number of hydrogen-bond donors (Lipinski definition) is 1. The molecule has 1 N–H and O–H groups in total. The number of nitrogens with zero attached hydrogens (tertiary/aromatic N) is 1. The van der Waals surface area contributed by atoms with Gasteiger partial charge in [-0.2, -0.15) is 0 Å². The van der Waals surface area contributed by atoms with Crippen molar-refractivity contribution in [1.29, 1.82) is 5.41 Å². The molecule has 2 heterocycles. The summed E-state index contributed by atoms with van der Waals surface area (Å²) in [5.41, 5.74) is 1.04. The molecule has 1 saturated heterocycles. The minimum atomic E-state index is 0.694. The van der Waals surface area contributed by atoms with E-state index in [0.717, 1.165) is 43.0 Å². The van der Waals surface area contributed by atoms with Crippen molar-refractivity contribution in [2.75, 3.05) is 24.7 Å². The largest absolute Gasteiger partial charge is 0.490 e. The summed E-state index contributed by atoms with van der Waals surface area (Å²) < 4.78 is 11.3. The molecule has 1 aromatic carbocycles. The third-order valence-electron chi connectivity index (χ3n) is 3.16. The lowest BCUT2D eigenvalue weighted by Crippen LogP contribution is -2.22. The Balaban J connectivity index is 1.91. The van der Waals surface area contributed by atoms with Crippen LogP contribution in [-0.4, -0.2) is 25.6 Å². The zero-order valence-corrected chi connectivity index (χ0v) is 9.74. The molecule has 0 bridgehead atoms. The maximum Gasteiger partial charge on any atom is 0.163 e. The van der Waals surface area contributed by atoms with Gasteiger partial charge in [0, 0.05) is 31.1 Å². The quantitative estimate of drug-likeness (QED) is 0.808. The number of anilines is 1. The first-order valence-electron chi connectivity index (χ1n) is 6.09. The average molecular weight is 232 g/mol. The van der Waals surface area contributed by atoms with Crippen LogP contribution in [0.1, 0.15) is 19.3 Å². The fourth-order valence-electron chi connectivity index (χ4n) is 2.28. The van der Waals surface area contributed by atoms with Gasteiger partial charge >= 0.3 is 0 Å². The van der Waals surface area contributed by atoms with E-state index < -0.39 is 0 Å². The summed E-state index contributed by atoms with van der Waals surface area (Å²) in [6.07, 6.45) is 2.85. The monoisotopic (exact) mass is 232 g/mol. The summed E-state index contributed by atoms with van der Waals surface area (Å²) in [7, 11) is 0. The smallest absolute Gasteiger partial charge is 0.163 e. The SMILES string of the molecule is N=C1CCCN1c1ccc2c(c1)OCCCO2. The van der Waals surface area contributed by atoms with Gasteiger partial charge in [-0.15, -0.1) is 0 Å². The Labute approximate surface area is 101 Å². The predicted octanol–water partition coefficient (Wildman–Crippen LogP) is 2.43. The highest BCUT2D eigenvalue weighted by Gasteiger charge is 2.20. The molecule has 0 radical (unpaired) electrons. The van der Waals surface area contributed by atoms with Crippen molar-refractivity contribution in [3.8, 4) is 11.5 Å². The molecule has 4 nitrogen and oxygen atoms in total. The van der Waals surface area contributed by atoms with Crippen LogP contribution >= 0.6 is 0 Å². The lowest BCUT2D eigenvalue weighted by atomic mass is 10.2. The lowest BCUT2D eigenvalue weighted by Gasteiger charge is -2.19. The van der Waals surface area contributed by atoms with E-state index in [-0.39, 0.29) is 0 Å². The van der Waals surface area contributed by atoms with Crippen LogP contribution in [0.5, 0.6) is 11.5 Å². The predicted molar refractivity (Wildman–Crippen MR) is 66.4 cm³/mol. The first kappa shape index (κ1) is 10.4. The number of amidine groups is 1. The van der Waals surface area contributed by atoms with Gasteiger partial charge in [0.1, 0.15) is 5.84 Å². The average Bonchev–Trinajstić information content (AvgIpc) is 2.64. The molecule has 1 fully saturated rings. The van der Waals surface area contributed by atoms with E-state index in [1.165, 1.54) is 0 Å². The van der Waals surface area contributed by atoms with Gasteiger partial charge in [-0.1, -0.05) is 0 Å². The van der Waals surface area contributed by atoms with Crippen molar-refractivity contribution >= 4 is 11.5 Å². The third kappa shape index (κ3) is 1.95. The fraction of sp³-hybridized carbons (Fsp3) is 0.462. The number of fused-ring (bicyclic) bond motifs is 1. The molecule has 0 atom stereocenters. The standard InChI is InChI=1S/C13H16N2O2/c14-13-3-1-6-15(13)10-4-5-11-12(9-10)17-8-2-7-16-11/h4-5,9,14H,1-3,6-8H2. The molecule has 0 unspecified atom stereocenters. The summed E-state index contributed by atoms with van der Waals surface area (Å²) in [4.78, 5) is 2.04. The highest BCUT2D eigenvalue weighted by molar-refractivity contribution is 5.97. The molecule has 0 saturated carbocycles. The van der Waals surface area contributed by atoms with E-state index >= 15 is 0 Å². The Hall–Kier alpha value is -1.71. The van der Waals surface area contributed by atoms with Crippen molar-refractivity contribution in [2.24, 2.45) is 0 Å². The Kier molecular flexibility index (Phi) is 2.63. The second kappa shape index (κ2) is 4.28. The first-order valence-corrected chi connectivity index (χ1v) is 6.09. The Morgan fingerprint density at radius 1 is 1.06 bits per heavy atom. The van der Waals surface area contributed by atoms with Crippen LogP contribution in [-0.2, 0) is 0 Å². The highest BCUT2D eigenvalue weighted by Crippen LogP contribution is 2.34.